The molecule has 1 rings (SSSR count). The molecule has 1 aromatic rings. The molecule has 0 radical (unpaired) electrons. The third kappa shape index (κ3) is 6.99. The maximum Gasteiger partial charge on any atom is 0.354 e. The molecule has 11 heteroatoms. The molecule has 0 unspecified atom stereocenters. The number of carboxylic acids is 1. The highest BCUT2D eigenvalue weighted by atomic mass is 28.4. The van der Waals surface area contributed by atoms with Crippen LogP contribution in [-0.2, 0) is 15.8 Å². The van der Waals surface area contributed by atoms with E-state index in [0.29, 0.717) is 32.7 Å². The molecule has 10 nitrogen and oxygen atoms in total. The molecular weight excluding hydrogens is 380 g/mol. The van der Waals surface area contributed by atoms with Crippen LogP contribution < -0.4 is 0 Å². The zero-order valence-corrected chi connectivity index (χ0v) is 18.3. The lowest BCUT2D eigenvalue weighted by Crippen LogP contribution is -2.44. The third-order valence-electron chi connectivity index (χ3n) is 4.99. The van der Waals surface area contributed by atoms with E-state index in [0.717, 1.165) is 0 Å². The number of aromatic carboxylic acids is 1. The fourth-order valence-electron chi connectivity index (χ4n) is 2.28. The van der Waals surface area contributed by atoms with Gasteiger partial charge in [-0.2, -0.15) is 5.10 Å². The van der Waals surface area contributed by atoms with E-state index in [1.165, 1.54) is 16.9 Å². The first kappa shape index (κ1) is 23.7. The topological polar surface area (TPSA) is 133 Å². The fraction of sp³-hybridized carbons (Fsp3) is 0.706. The second-order valence-electron chi connectivity index (χ2n) is 7.98. The summed E-state index contributed by atoms with van der Waals surface area (Å²) in [5.41, 5.74) is 8.56. The third-order valence-corrected chi connectivity index (χ3v) is 9.52. The largest absolute Gasteiger partial charge is 0.477 e. The maximum absolute atomic E-state index is 12.3. The Morgan fingerprint density at radius 3 is 2.64 bits per heavy atom. The predicted octanol–water partition coefficient (Wildman–Crippen LogP) is 3.13. The van der Waals surface area contributed by atoms with Gasteiger partial charge in [-0.15, -0.1) is 0 Å². The van der Waals surface area contributed by atoms with Gasteiger partial charge in [0, 0.05) is 30.7 Å². The van der Waals surface area contributed by atoms with Gasteiger partial charge in [0.1, 0.15) is 12.2 Å². The summed E-state index contributed by atoms with van der Waals surface area (Å²) in [5, 5.41) is 16.5. The van der Waals surface area contributed by atoms with Crippen molar-refractivity contribution in [1.29, 1.82) is 0 Å². The highest BCUT2D eigenvalue weighted by Crippen LogP contribution is 2.36. The van der Waals surface area contributed by atoms with Crippen LogP contribution in [0, 0.1) is 0 Å². The van der Waals surface area contributed by atoms with Gasteiger partial charge in [0.15, 0.2) is 8.32 Å². The molecule has 0 atom stereocenters. The van der Waals surface area contributed by atoms with E-state index < -0.39 is 14.3 Å². The smallest absolute Gasteiger partial charge is 0.354 e. The van der Waals surface area contributed by atoms with Gasteiger partial charge in [-0.1, -0.05) is 25.9 Å². The number of rotatable bonds is 11. The molecule has 1 aromatic heterocycles. The van der Waals surface area contributed by atoms with Crippen molar-refractivity contribution >= 4 is 20.2 Å². The minimum Gasteiger partial charge on any atom is -0.477 e. The van der Waals surface area contributed by atoms with Crippen molar-refractivity contribution in [1.82, 2.24) is 14.7 Å². The minimum absolute atomic E-state index is 0.0697. The van der Waals surface area contributed by atoms with E-state index in [-0.39, 0.29) is 23.2 Å². The van der Waals surface area contributed by atoms with Crippen LogP contribution in [0.15, 0.2) is 17.4 Å². The number of carbonyl (C=O) groups excluding carboxylic acids is 1. The molecule has 0 bridgehead atoms. The highest BCUT2D eigenvalue weighted by molar-refractivity contribution is 6.74. The average Bonchev–Trinajstić information content (AvgIpc) is 3.06. The van der Waals surface area contributed by atoms with Crippen molar-refractivity contribution in [3.63, 3.8) is 0 Å². The van der Waals surface area contributed by atoms with Crippen LogP contribution in [0.25, 0.3) is 10.4 Å². The fourth-order valence-corrected chi connectivity index (χ4v) is 3.32. The molecule has 1 heterocycles. The van der Waals surface area contributed by atoms with Crippen LogP contribution in [-0.4, -0.2) is 66.2 Å². The first-order chi connectivity index (χ1) is 13.0. The van der Waals surface area contributed by atoms with Crippen LogP contribution >= 0.6 is 0 Å². The molecule has 0 fully saturated rings. The number of azide groups is 1. The Labute approximate surface area is 166 Å². The Morgan fingerprint density at radius 1 is 1.39 bits per heavy atom. The normalized spacial score (nSPS) is 11.8. The lowest BCUT2D eigenvalue weighted by atomic mass is 10.2. The van der Waals surface area contributed by atoms with E-state index in [1.54, 1.807) is 4.90 Å². The number of hydrogen-bond donors (Lipinski definition) is 1. The Bertz CT molecular complexity index is 721. The van der Waals surface area contributed by atoms with Crippen molar-refractivity contribution in [2.45, 2.75) is 51.9 Å². The van der Waals surface area contributed by atoms with E-state index in [9.17, 15) is 9.59 Å². The van der Waals surface area contributed by atoms with Crippen molar-refractivity contribution in [3.8, 4) is 0 Å². The molecule has 1 N–H and O–H groups in total. The summed E-state index contributed by atoms with van der Waals surface area (Å²) in [4.78, 5) is 27.7. The summed E-state index contributed by atoms with van der Waals surface area (Å²) >= 11 is 0. The summed E-state index contributed by atoms with van der Waals surface area (Å²) in [5.74, 6) is -1.33. The zero-order chi connectivity index (χ0) is 21.4. The van der Waals surface area contributed by atoms with Crippen molar-refractivity contribution in [2.75, 3.05) is 26.2 Å². The Hall–Kier alpha value is -2.36. The van der Waals surface area contributed by atoms with Gasteiger partial charge in [-0.05, 0) is 36.2 Å². The number of aromatic nitrogens is 2. The van der Waals surface area contributed by atoms with Crippen LogP contribution in [0.4, 0.5) is 0 Å². The summed E-state index contributed by atoms with van der Waals surface area (Å²) in [6.45, 7) is 12.0. The van der Waals surface area contributed by atoms with Gasteiger partial charge >= 0.3 is 5.97 Å². The highest BCUT2D eigenvalue weighted by Gasteiger charge is 2.37. The van der Waals surface area contributed by atoms with Gasteiger partial charge in [0.05, 0.1) is 6.61 Å². The summed E-state index contributed by atoms with van der Waals surface area (Å²) in [7, 11) is -1.93. The molecule has 0 saturated heterocycles. The molecule has 0 saturated carbocycles. The first-order valence-corrected chi connectivity index (χ1v) is 12.1. The molecule has 0 aliphatic heterocycles. The Morgan fingerprint density at radius 2 is 2.07 bits per heavy atom. The van der Waals surface area contributed by atoms with E-state index in [2.05, 4.69) is 49.0 Å². The SMILES string of the molecule is CC(C)(C)[Si](C)(C)OCCN(CCCn1nccc1C(=O)O)C(=O)CN=[N+]=[N-]. The van der Waals surface area contributed by atoms with Gasteiger partial charge in [0.25, 0.3) is 0 Å². The van der Waals surface area contributed by atoms with Crippen LogP contribution in [0.1, 0.15) is 37.7 Å². The van der Waals surface area contributed by atoms with E-state index in [4.69, 9.17) is 15.1 Å². The molecule has 1 amide bonds. The van der Waals surface area contributed by atoms with Gasteiger partial charge in [-0.3, -0.25) is 9.48 Å². The van der Waals surface area contributed by atoms with Crippen molar-refractivity contribution in [2.24, 2.45) is 5.11 Å². The van der Waals surface area contributed by atoms with Gasteiger partial charge in [0.2, 0.25) is 5.91 Å². The van der Waals surface area contributed by atoms with Crippen LogP contribution in [0.2, 0.25) is 18.1 Å². The lowest BCUT2D eigenvalue weighted by molar-refractivity contribution is -0.130. The Balaban J connectivity index is 2.67. The van der Waals surface area contributed by atoms with Crippen LogP contribution in [0.3, 0.4) is 0 Å². The number of nitrogens with zero attached hydrogens (tertiary/aromatic N) is 6. The predicted molar refractivity (Wildman–Crippen MR) is 108 cm³/mol. The number of hydrogen-bond acceptors (Lipinski definition) is 5. The molecule has 0 aliphatic carbocycles. The number of amides is 1. The second-order valence-corrected chi connectivity index (χ2v) is 12.8. The summed E-state index contributed by atoms with van der Waals surface area (Å²) in [6, 6.07) is 1.43. The molecule has 0 spiro atoms. The second kappa shape index (κ2) is 10.3. The van der Waals surface area contributed by atoms with Crippen molar-refractivity contribution in [3.05, 3.63) is 28.4 Å². The summed E-state index contributed by atoms with van der Waals surface area (Å²) in [6.07, 6.45) is 1.95. The van der Waals surface area contributed by atoms with Gasteiger partial charge < -0.3 is 14.4 Å². The molecule has 28 heavy (non-hydrogen) atoms. The van der Waals surface area contributed by atoms with Gasteiger partial charge in [-0.25, -0.2) is 4.79 Å². The average molecular weight is 411 g/mol. The number of carboxylic acid groups (broad SMARTS) is 1. The monoisotopic (exact) mass is 410 g/mol. The summed E-state index contributed by atoms with van der Waals surface area (Å²) < 4.78 is 7.52. The Kier molecular flexibility index (Phi) is 8.67. The molecular formula is C17H30N6O4Si. The molecule has 156 valence electrons. The lowest BCUT2D eigenvalue weighted by Gasteiger charge is -2.36. The van der Waals surface area contributed by atoms with Crippen molar-refractivity contribution < 1.29 is 19.1 Å². The first-order valence-electron chi connectivity index (χ1n) is 9.17. The standard InChI is InChI=1S/C17H30N6O4Si/c1-17(2,3)28(4,5)27-12-11-22(15(24)13-19-21-18)9-6-10-23-14(16(25)26)7-8-20-23/h7-8H,6,9-13H2,1-5H3,(H,25,26). The quantitative estimate of drug-likeness (QED) is 0.259. The minimum atomic E-state index is -1.93. The van der Waals surface area contributed by atoms with Crippen LogP contribution in [0.5, 0.6) is 0 Å². The molecule has 0 aromatic carbocycles. The number of aryl methyl sites for hydroxylation is 1. The van der Waals surface area contributed by atoms with E-state index in [1.807, 2.05) is 0 Å². The maximum atomic E-state index is 12.3. The molecule has 0 aliphatic rings. The zero-order valence-electron chi connectivity index (χ0n) is 17.3. The van der Waals surface area contributed by atoms with E-state index >= 15 is 0 Å². The number of carbonyl (C=O) groups is 2.